The number of nitrogens with zero attached hydrogens (tertiary/aromatic N) is 2. The fourth-order valence-electron chi connectivity index (χ4n) is 2.37. The summed E-state index contributed by atoms with van der Waals surface area (Å²) in [6.07, 6.45) is 0. The SMILES string of the molecule is COc1cccc(NC(=O)c2ccc3c(c2)nc(C)n3C)c1. The molecule has 1 aromatic heterocycles. The van der Waals surface area contributed by atoms with Gasteiger partial charge in [0.25, 0.3) is 5.91 Å². The number of imidazole rings is 1. The number of ether oxygens (including phenoxy) is 1. The maximum Gasteiger partial charge on any atom is 0.255 e. The van der Waals surface area contributed by atoms with Crippen LogP contribution in [0.5, 0.6) is 5.75 Å². The number of amides is 1. The minimum Gasteiger partial charge on any atom is -0.497 e. The third kappa shape index (κ3) is 2.53. The lowest BCUT2D eigenvalue weighted by atomic mass is 10.2. The molecule has 1 heterocycles. The van der Waals surface area contributed by atoms with Gasteiger partial charge in [-0.15, -0.1) is 0 Å². The summed E-state index contributed by atoms with van der Waals surface area (Å²) in [6, 6.07) is 12.8. The molecule has 22 heavy (non-hydrogen) atoms. The Morgan fingerprint density at radius 3 is 2.82 bits per heavy atom. The summed E-state index contributed by atoms with van der Waals surface area (Å²) in [5.74, 6) is 1.45. The summed E-state index contributed by atoms with van der Waals surface area (Å²) in [4.78, 5) is 16.8. The minimum atomic E-state index is -0.168. The number of hydrogen-bond donors (Lipinski definition) is 1. The van der Waals surface area contributed by atoms with Gasteiger partial charge in [0, 0.05) is 24.4 Å². The zero-order valence-corrected chi connectivity index (χ0v) is 12.8. The molecule has 0 bridgehead atoms. The molecule has 0 unspecified atom stereocenters. The van der Waals surface area contributed by atoms with Crippen molar-refractivity contribution in [2.45, 2.75) is 6.92 Å². The number of aromatic nitrogens is 2. The van der Waals surface area contributed by atoms with E-state index < -0.39 is 0 Å². The first kappa shape index (κ1) is 14.1. The number of aryl methyl sites for hydroxylation is 2. The molecule has 0 atom stereocenters. The van der Waals surface area contributed by atoms with E-state index in [1.807, 2.05) is 42.8 Å². The van der Waals surface area contributed by atoms with Crippen molar-refractivity contribution in [1.29, 1.82) is 0 Å². The maximum atomic E-state index is 12.4. The van der Waals surface area contributed by atoms with Crippen molar-refractivity contribution in [3.05, 3.63) is 53.9 Å². The van der Waals surface area contributed by atoms with E-state index in [9.17, 15) is 4.79 Å². The molecule has 3 aromatic rings. The van der Waals surface area contributed by atoms with Crippen LogP contribution >= 0.6 is 0 Å². The summed E-state index contributed by atoms with van der Waals surface area (Å²) in [5, 5.41) is 2.87. The number of methoxy groups -OCH3 is 1. The number of fused-ring (bicyclic) bond motifs is 1. The minimum absolute atomic E-state index is 0.168. The van der Waals surface area contributed by atoms with E-state index in [1.54, 1.807) is 25.3 Å². The van der Waals surface area contributed by atoms with Gasteiger partial charge in [-0.3, -0.25) is 4.79 Å². The molecule has 0 fully saturated rings. The van der Waals surface area contributed by atoms with Crippen LogP contribution in [0.4, 0.5) is 5.69 Å². The second kappa shape index (κ2) is 5.52. The summed E-state index contributed by atoms with van der Waals surface area (Å²) in [7, 11) is 3.55. The van der Waals surface area contributed by atoms with Gasteiger partial charge in [0.2, 0.25) is 0 Å². The fourth-order valence-corrected chi connectivity index (χ4v) is 2.37. The number of hydrogen-bond acceptors (Lipinski definition) is 3. The van der Waals surface area contributed by atoms with E-state index in [2.05, 4.69) is 10.3 Å². The van der Waals surface area contributed by atoms with Crippen LogP contribution in [0.15, 0.2) is 42.5 Å². The van der Waals surface area contributed by atoms with Crippen molar-refractivity contribution in [2.24, 2.45) is 7.05 Å². The molecule has 2 aromatic carbocycles. The Hall–Kier alpha value is -2.82. The molecule has 0 radical (unpaired) electrons. The standard InChI is InChI=1S/C17H17N3O2/c1-11-18-15-9-12(7-8-16(15)20(11)2)17(21)19-13-5-4-6-14(10-13)22-3/h4-10H,1-3H3,(H,19,21). The summed E-state index contributed by atoms with van der Waals surface area (Å²) in [5.41, 5.74) is 3.10. The van der Waals surface area contributed by atoms with Gasteiger partial charge in [0.1, 0.15) is 11.6 Å². The predicted octanol–water partition coefficient (Wildman–Crippen LogP) is 3.14. The highest BCUT2D eigenvalue weighted by molar-refractivity contribution is 6.06. The first-order valence-corrected chi connectivity index (χ1v) is 6.97. The quantitative estimate of drug-likeness (QED) is 0.807. The van der Waals surface area contributed by atoms with Gasteiger partial charge in [0.15, 0.2) is 0 Å². The first-order chi connectivity index (χ1) is 10.6. The van der Waals surface area contributed by atoms with E-state index >= 15 is 0 Å². The Balaban J connectivity index is 1.88. The monoisotopic (exact) mass is 295 g/mol. The van der Waals surface area contributed by atoms with Crippen LogP contribution in [0.3, 0.4) is 0 Å². The van der Waals surface area contributed by atoms with Gasteiger partial charge in [-0.05, 0) is 37.3 Å². The van der Waals surface area contributed by atoms with Crippen LogP contribution in [0.1, 0.15) is 16.2 Å². The number of carbonyl (C=O) groups is 1. The van der Waals surface area contributed by atoms with Crippen LogP contribution in [0.25, 0.3) is 11.0 Å². The summed E-state index contributed by atoms with van der Waals surface area (Å²) < 4.78 is 7.15. The van der Waals surface area contributed by atoms with Crippen LogP contribution in [-0.2, 0) is 7.05 Å². The molecule has 112 valence electrons. The largest absolute Gasteiger partial charge is 0.497 e. The molecule has 1 N–H and O–H groups in total. The molecule has 5 heteroatoms. The van der Waals surface area contributed by atoms with E-state index in [1.165, 1.54) is 0 Å². The predicted molar refractivity (Wildman–Crippen MR) is 86.4 cm³/mol. The van der Waals surface area contributed by atoms with Gasteiger partial charge >= 0.3 is 0 Å². The topological polar surface area (TPSA) is 56.1 Å². The third-order valence-corrected chi connectivity index (χ3v) is 3.69. The number of benzene rings is 2. The van der Waals surface area contributed by atoms with Gasteiger partial charge in [0.05, 0.1) is 18.1 Å². The average molecular weight is 295 g/mol. The van der Waals surface area contributed by atoms with E-state index in [-0.39, 0.29) is 5.91 Å². The van der Waals surface area contributed by atoms with E-state index in [0.29, 0.717) is 17.0 Å². The van der Waals surface area contributed by atoms with Crippen LogP contribution in [0.2, 0.25) is 0 Å². The smallest absolute Gasteiger partial charge is 0.255 e. The average Bonchev–Trinajstić information content (AvgIpc) is 2.81. The molecule has 0 aliphatic carbocycles. The van der Waals surface area contributed by atoms with E-state index in [0.717, 1.165) is 16.9 Å². The lowest BCUT2D eigenvalue weighted by molar-refractivity contribution is 0.102. The Kier molecular flexibility index (Phi) is 3.55. The van der Waals surface area contributed by atoms with Crippen molar-refractivity contribution in [2.75, 3.05) is 12.4 Å². The van der Waals surface area contributed by atoms with Crippen LogP contribution in [-0.4, -0.2) is 22.6 Å². The molecule has 0 aliphatic heterocycles. The van der Waals surface area contributed by atoms with Crippen molar-refractivity contribution in [3.8, 4) is 5.75 Å². The zero-order valence-electron chi connectivity index (χ0n) is 12.8. The molecule has 5 nitrogen and oxygen atoms in total. The van der Waals surface area contributed by atoms with Crippen molar-refractivity contribution in [3.63, 3.8) is 0 Å². The van der Waals surface area contributed by atoms with Crippen molar-refractivity contribution >= 4 is 22.6 Å². The Bertz CT molecular complexity index is 852. The maximum absolute atomic E-state index is 12.4. The second-order valence-electron chi connectivity index (χ2n) is 5.11. The molecule has 1 amide bonds. The fraction of sp³-hybridized carbons (Fsp3) is 0.176. The van der Waals surface area contributed by atoms with Gasteiger partial charge < -0.3 is 14.6 Å². The Labute approximate surface area is 128 Å². The number of anilines is 1. The number of carbonyl (C=O) groups excluding carboxylic acids is 1. The molecule has 0 aliphatic rings. The molecule has 3 rings (SSSR count). The first-order valence-electron chi connectivity index (χ1n) is 6.97. The lowest BCUT2D eigenvalue weighted by Crippen LogP contribution is -2.11. The zero-order chi connectivity index (χ0) is 15.7. The van der Waals surface area contributed by atoms with Gasteiger partial charge in [-0.25, -0.2) is 4.98 Å². The molecule has 0 spiro atoms. The molecular formula is C17H17N3O2. The normalized spacial score (nSPS) is 10.7. The molecule has 0 saturated heterocycles. The highest BCUT2D eigenvalue weighted by Gasteiger charge is 2.10. The summed E-state index contributed by atoms with van der Waals surface area (Å²) >= 11 is 0. The second-order valence-corrected chi connectivity index (χ2v) is 5.11. The van der Waals surface area contributed by atoms with Gasteiger partial charge in [-0.2, -0.15) is 0 Å². The van der Waals surface area contributed by atoms with Crippen molar-refractivity contribution in [1.82, 2.24) is 9.55 Å². The lowest BCUT2D eigenvalue weighted by Gasteiger charge is -2.07. The van der Waals surface area contributed by atoms with Crippen LogP contribution < -0.4 is 10.1 Å². The molecule has 0 saturated carbocycles. The highest BCUT2D eigenvalue weighted by atomic mass is 16.5. The van der Waals surface area contributed by atoms with Crippen molar-refractivity contribution < 1.29 is 9.53 Å². The Morgan fingerprint density at radius 2 is 2.05 bits per heavy atom. The highest BCUT2D eigenvalue weighted by Crippen LogP contribution is 2.20. The number of rotatable bonds is 3. The van der Waals surface area contributed by atoms with Gasteiger partial charge in [-0.1, -0.05) is 6.07 Å². The van der Waals surface area contributed by atoms with E-state index in [4.69, 9.17) is 4.74 Å². The number of nitrogens with one attached hydrogen (secondary N) is 1. The molecular weight excluding hydrogens is 278 g/mol. The Morgan fingerprint density at radius 1 is 1.23 bits per heavy atom. The summed E-state index contributed by atoms with van der Waals surface area (Å²) in [6.45, 7) is 1.94. The van der Waals surface area contributed by atoms with Crippen LogP contribution in [0, 0.1) is 6.92 Å². The third-order valence-electron chi connectivity index (χ3n) is 3.69.